The maximum Gasteiger partial charge on any atom is 0.416 e. The van der Waals surface area contributed by atoms with E-state index in [0.717, 1.165) is 29.0 Å². The number of amides is 1. The minimum atomic E-state index is -4.42. The molecular weight excluding hydrogens is 367 g/mol. The number of rotatable bonds is 2. The summed E-state index contributed by atoms with van der Waals surface area (Å²) in [4.78, 5) is 23.3. The molecule has 4 rings (SSSR count). The fourth-order valence-corrected chi connectivity index (χ4v) is 3.20. The zero-order valence-corrected chi connectivity index (χ0v) is 14.8. The number of fused-ring (bicyclic) bond motifs is 1. The van der Waals surface area contributed by atoms with Crippen LogP contribution in [0.3, 0.4) is 0 Å². The number of halogens is 3. The first-order valence-electron chi connectivity index (χ1n) is 8.78. The molecule has 2 heterocycles. The van der Waals surface area contributed by atoms with Gasteiger partial charge in [-0.3, -0.25) is 4.79 Å². The van der Waals surface area contributed by atoms with Crippen molar-refractivity contribution in [2.75, 3.05) is 6.54 Å². The van der Waals surface area contributed by atoms with Crippen LogP contribution in [0, 0.1) is 0 Å². The van der Waals surface area contributed by atoms with Crippen LogP contribution >= 0.6 is 0 Å². The molecule has 2 aromatic carbocycles. The molecule has 1 amide bonds. The van der Waals surface area contributed by atoms with Crippen LogP contribution in [0.5, 0.6) is 0 Å². The average molecular weight is 383 g/mol. The largest absolute Gasteiger partial charge is 0.416 e. The van der Waals surface area contributed by atoms with Gasteiger partial charge in [-0.25, -0.2) is 9.97 Å². The number of hydrogen-bond donors (Lipinski definition) is 0. The smallest absolute Gasteiger partial charge is 0.334 e. The van der Waals surface area contributed by atoms with Crippen LogP contribution in [-0.2, 0) is 19.1 Å². The summed E-state index contributed by atoms with van der Waals surface area (Å²) in [5, 5.41) is 0. The second kappa shape index (κ2) is 7.07. The fraction of sp³-hybridized carbons (Fsp3) is 0.190. The number of carbonyl (C=O) groups is 1. The third-order valence-corrected chi connectivity index (χ3v) is 4.71. The van der Waals surface area contributed by atoms with Crippen LogP contribution in [-0.4, -0.2) is 27.3 Å². The first kappa shape index (κ1) is 18.2. The molecule has 0 atom stereocenters. The van der Waals surface area contributed by atoms with Crippen LogP contribution in [0.4, 0.5) is 13.2 Å². The molecule has 0 aliphatic carbocycles. The highest BCUT2D eigenvalue weighted by atomic mass is 19.4. The van der Waals surface area contributed by atoms with Crippen LogP contribution in [0.1, 0.15) is 27.2 Å². The maximum atomic E-state index is 12.7. The zero-order valence-electron chi connectivity index (χ0n) is 14.8. The third-order valence-electron chi connectivity index (χ3n) is 4.71. The SMILES string of the molecule is O=C(c1ccc(C(F)(F)F)cc1)N1CCc2nc(-c3ccccc3)ncc2C1. The second-order valence-corrected chi connectivity index (χ2v) is 6.58. The molecule has 28 heavy (non-hydrogen) atoms. The standard InChI is InChI=1S/C21H16F3N3O/c22-21(23,24)17-8-6-15(7-9-17)20(28)27-11-10-18-16(13-27)12-25-19(26-18)14-4-2-1-3-5-14/h1-9,12H,10-11,13H2. The Morgan fingerprint density at radius 2 is 1.71 bits per heavy atom. The second-order valence-electron chi connectivity index (χ2n) is 6.58. The van der Waals surface area contributed by atoms with Crippen LogP contribution in [0.15, 0.2) is 60.8 Å². The Bertz CT molecular complexity index is 1000. The quantitative estimate of drug-likeness (QED) is 0.661. The molecule has 3 aromatic rings. The van der Waals surface area contributed by atoms with Crippen molar-refractivity contribution in [3.63, 3.8) is 0 Å². The minimum Gasteiger partial charge on any atom is -0.334 e. The zero-order chi connectivity index (χ0) is 19.7. The summed E-state index contributed by atoms with van der Waals surface area (Å²) < 4.78 is 38.1. The summed E-state index contributed by atoms with van der Waals surface area (Å²) in [6, 6.07) is 13.9. The number of nitrogens with zero attached hydrogens (tertiary/aromatic N) is 3. The lowest BCUT2D eigenvalue weighted by atomic mass is 10.0. The van der Waals surface area contributed by atoms with Gasteiger partial charge in [-0.15, -0.1) is 0 Å². The Morgan fingerprint density at radius 3 is 2.39 bits per heavy atom. The van der Waals surface area contributed by atoms with E-state index < -0.39 is 11.7 Å². The molecule has 1 aliphatic rings. The van der Waals surface area contributed by atoms with E-state index in [0.29, 0.717) is 25.3 Å². The lowest BCUT2D eigenvalue weighted by Gasteiger charge is -2.28. The Balaban J connectivity index is 1.51. The Kier molecular flexibility index (Phi) is 4.58. The lowest BCUT2D eigenvalue weighted by molar-refractivity contribution is -0.137. The minimum absolute atomic E-state index is 0.235. The van der Waals surface area contributed by atoms with Crippen molar-refractivity contribution >= 4 is 5.91 Å². The number of hydrogen-bond acceptors (Lipinski definition) is 3. The van der Waals surface area contributed by atoms with E-state index in [1.807, 2.05) is 30.3 Å². The summed E-state index contributed by atoms with van der Waals surface area (Å²) >= 11 is 0. The summed E-state index contributed by atoms with van der Waals surface area (Å²) in [7, 11) is 0. The molecule has 1 aliphatic heterocycles. The van der Waals surface area contributed by atoms with E-state index in [1.54, 1.807) is 11.1 Å². The van der Waals surface area contributed by atoms with Crippen molar-refractivity contribution < 1.29 is 18.0 Å². The molecule has 0 fully saturated rings. The van der Waals surface area contributed by atoms with Crippen LogP contribution in [0.25, 0.3) is 11.4 Å². The van der Waals surface area contributed by atoms with E-state index in [1.165, 1.54) is 12.1 Å². The average Bonchev–Trinajstić information content (AvgIpc) is 2.72. The predicted octanol–water partition coefficient (Wildman–Crippen LogP) is 4.36. The third kappa shape index (κ3) is 3.60. The normalized spacial score (nSPS) is 13.9. The van der Waals surface area contributed by atoms with Gasteiger partial charge in [0.2, 0.25) is 0 Å². The van der Waals surface area contributed by atoms with Crippen molar-refractivity contribution in [2.24, 2.45) is 0 Å². The molecule has 0 unspecified atom stereocenters. The van der Waals surface area contributed by atoms with Gasteiger partial charge < -0.3 is 4.90 Å². The molecule has 142 valence electrons. The van der Waals surface area contributed by atoms with Crippen molar-refractivity contribution in [3.05, 3.63) is 83.2 Å². The molecule has 0 saturated carbocycles. The van der Waals surface area contributed by atoms with Gasteiger partial charge in [0.05, 0.1) is 11.3 Å². The van der Waals surface area contributed by atoms with Gasteiger partial charge in [0.15, 0.2) is 5.82 Å². The summed E-state index contributed by atoms with van der Waals surface area (Å²) in [6.07, 6.45) is -2.12. The number of alkyl halides is 3. The van der Waals surface area contributed by atoms with E-state index in [4.69, 9.17) is 0 Å². The van der Waals surface area contributed by atoms with Crippen LogP contribution in [0.2, 0.25) is 0 Å². The lowest BCUT2D eigenvalue weighted by Crippen LogP contribution is -2.36. The Morgan fingerprint density at radius 1 is 1.00 bits per heavy atom. The van der Waals surface area contributed by atoms with Gasteiger partial charge in [0.25, 0.3) is 5.91 Å². The Labute approximate surface area is 159 Å². The van der Waals surface area contributed by atoms with E-state index in [-0.39, 0.29) is 11.5 Å². The van der Waals surface area contributed by atoms with Gasteiger partial charge in [0.1, 0.15) is 0 Å². The molecule has 0 saturated heterocycles. The molecular formula is C21H16F3N3O. The van der Waals surface area contributed by atoms with Gasteiger partial charge in [0, 0.05) is 42.4 Å². The van der Waals surface area contributed by atoms with E-state index in [2.05, 4.69) is 9.97 Å². The fourth-order valence-electron chi connectivity index (χ4n) is 3.20. The monoisotopic (exact) mass is 383 g/mol. The van der Waals surface area contributed by atoms with Crippen molar-refractivity contribution in [2.45, 2.75) is 19.1 Å². The maximum absolute atomic E-state index is 12.7. The van der Waals surface area contributed by atoms with E-state index >= 15 is 0 Å². The number of aromatic nitrogens is 2. The molecule has 0 N–H and O–H groups in total. The molecule has 0 bridgehead atoms. The molecule has 0 spiro atoms. The molecule has 4 nitrogen and oxygen atoms in total. The van der Waals surface area contributed by atoms with Crippen molar-refractivity contribution in [1.29, 1.82) is 0 Å². The topological polar surface area (TPSA) is 46.1 Å². The Hall–Kier alpha value is -3.22. The molecule has 1 aromatic heterocycles. The van der Waals surface area contributed by atoms with Gasteiger partial charge in [-0.05, 0) is 24.3 Å². The number of carbonyl (C=O) groups excluding carboxylic acids is 1. The van der Waals surface area contributed by atoms with Crippen molar-refractivity contribution in [1.82, 2.24) is 14.9 Å². The van der Waals surface area contributed by atoms with Gasteiger partial charge in [-0.2, -0.15) is 13.2 Å². The highest BCUT2D eigenvalue weighted by Crippen LogP contribution is 2.29. The highest BCUT2D eigenvalue weighted by Gasteiger charge is 2.31. The van der Waals surface area contributed by atoms with Crippen molar-refractivity contribution in [3.8, 4) is 11.4 Å². The predicted molar refractivity (Wildman–Crippen MR) is 97.4 cm³/mol. The van der Waals surface area contributed by atoms with Gasteiger partial charge in [-0.1, -0.05) is 30.3 Å². The van der Waals surface area contributed by atoms with E-state index in [9.17, 15) is 18.0 Å². The molecule has 7 heteroatoms. The molecule has 0 radical (unpaired) electrons. The summed E-state index contributed by atoms with van der Waals surface area (Å²) in [6.45, 7) is 0.794. The summed E-state index contributed by atoms with van der Waals surface area (Å²) in [5.41, 5.74) is 2.14. The van der Waals surface area contributed by atoms with Gasteiger partial charge >= 0.3 is 6.18 Å². The first-order valence-corrected chi connectivity index (χ1v) is 8.78. The summed E-state index contributed by atoms with van der Waals surface area (Å²) in [5.74, 6) is 0.341. The van der Waals surface area contributed by atoms with Crippen LogP contribution < -0.4 is 0 Å². The first-order chi connectivity index (χ1) is 13.4. The number of benzene rings is 2. The highest BCUT2D eigenvalue weighted by molar-refractivity contribution is 5.94.